The summed E-state index contributed by atoms with van der Waals surface area (Å²) >= 11 is 0. The average Bonchev–Trinajstić information content (AvgIpc) is 3.62. The van der Waals surface area contributed by atoms with Crippen LogP contribution in [0, 0.1) is 0 Å². The molecule has 0 atom stereocenters. The fraction of sp³-hybridized carbons (Fsp3) is 0. The summed E-state index contributed by atoms with van der Waals surface area (Å²) in [6.07, 6.45) is 2.06. The Bertz CT molecular complexity index is 2270. The Kier molecular flexibility index (Phi) is 5.50. The summed E-state index contributed by atoms with van der Waals surface area (Å²) in [5.74, 6) is 0. The van der Waals surface area contributed by atoms with Gasteiger partial charge >= 0.3 is 0 Å². The van der Waals surface area contributed by atoms with Crippen LogP contribution in [0.1, 0.15) is 0 Å². The standard InChI is InChI=1S/C41H27N3/c1-3-11-28(12-4-1)30-19-23-32(24-20-30)43-37-17-9-7-15-34(37)36-27-42-39-35-16-8-10-18-38(35)44(41(39)40(36)43)33-25-21-31(22-26-33)29-13-5-2-6-14-29/h1-27H. The number of aromatic nitrogens is 3. The normalized spacial score (nSPS) is 11.6. The third-order valence-corrected chi connectivity index (χ3v) is 8.77. The lowest BCUT2D eigenvalue weighted by molar-refractivity contribution is 1.15. The first-order chi connectivity index (χ1) is 21.8. The van der Waals surface area contributed by atoms with E-state index in [0.717, 1.165) is 44.2 Å². The molecule has 0 amide bonds. The average molecular weight is 562 g/mol. The molecule has 0 fully saturated rings. The lowest BCUT2D eigenvalue weighted by Crippen LogP contribution is -1.99. The van der Waals surface area contributed by atoms with Crippen molar-refractivity contribution in [3.63, 3.8) is 0 Å². The van der Waals surface area contributed by atoms with Gasteiger partial charge in [-0.3, -0.25) is 4.98 Å². The van der Waals surface area contributed by atoms with E-state index in [1.54, 1.807) is 0 Å². The fourth-order valence-corrected chi connectivity index (χ4v) is 6.73. The largest absolute Gasteiger partial charge is 0.307 e. The molecule has 0 spiro atoms. The number of hydrogen-bond acceptors (Lipinski definition) is 1. The number of benzene rings is 6. The minimum Gasteiger partial charge on any atom is -0.307 e. The van der Waals surface area contributed by atoms with Crippen LogP contribution in [0.2, 0.25) is 0 Å². The van der Waals surface area contributed by atoms with Gasteiger partial charge < -0.3 is 9.13 Å². The monoisotopic (exact) mass is 561 g/mol. The van der Waals surface area contributed by atoms with Crippen molar-refractivity contribution in [2.45, 2.75) is 0 Å². The summed E-state index contributed by atoms with van der Waals surface area (Å²) in [5, 5.41) is 3.48. The van der Waals surface area contributed by atoms with Gasteiger partial charge in [-0.25, -0.2) is 0 Å². The first-order valence-corrected chi connectivity index (χ1v) is 15.0. The fourth-order valence-electron chi connectivity index (χ4n) is 6.73. The van der Waals surface area contributed by atoms with E-state index < -0.39 is 0 Å². The van der Waals surface area contributed by atoms with Gasteiger partial charge in [0.1, 0.15) is 0 Å². The maximum absolute atomic E-state index is 5.13. The summed E-state index contributed by atoms with van der Waals surface area (Å²) < 4.78 is 4.81. The molecule has 3 heteroatoms. The molecule has 3 aromatic heterocycles. The number of para-hydroxylation sites is 2. The number of nitrogens with zero attached hydrogens (tertiary/aromatic N) is 3. The second kappa shape index (κ2) is 9.82. The summed E-state index contributed by atoms with van der Waals surface area (Å²) in [6, 6.07) is 56.2. The molecule has 3 heterocycles. The van der Waals surface area contributed by atoms with Crippen molar-refractivity contribution in [3.8, 4) is 33.6 Å². The summed E-state index contributed by atoms with van der Waals surface area (Å²) in [7, 11) is 0. The molecule has 0 unspecified atom stereocenters. The maximum Gasteiger partial charge on any atom is 0.0985 e. The van der Waals surface area contributed by atoms with Gasteiger partial charge in [0.15, 0.2) is 0 Å². The lowest BCUT2D eigenvalue weighted by atomic mass is 10.1. The Balaban J connectivity index is 1.35. The van der Waals surface area contributed by atoms with Crippen LogP contribution in [0.25, 0.3) is 77.4 Å². The molecule has 6 aromatic carbocycles. The van der Waals surface area contributed by atoms with Crippen molar-refractivity contribution in [1.82, 2.24) is 14.1 Å². The molecular formula is C41H27N3. The van der Waals surface area contributed by atoms with E-state index in [9.17, 15) is 0 Å². The Morgan fingerprint density at radius 2 is 0.773 bits per heavy atom. The predicted molar refractivity (Wildman–Crippen MR) is 184 cm³/mol. The van der Waals surface area contributed by atoms with Crippen LogP contribution >= 0.6 is 0 Å². The molecule has 0 aliphatic rings. The first-order valence-electron chi connectivity index (χ1n) is 15.0. The molecule has 9 rings (SSSR count). The highest BCUT2D eigenvalue weighted by Gasteiger charge is 2.22. The molecule has 0 bridgehead atoms. The highest BCUT2D eigenvalue weighted by atomic mass is 15.1. The van der Waals surface area contributed by atoms with Gasteiger partial charge in [0.05, 0.1) is 27.6 Å². The zero-order valence-electron chi connectivity index (χ0n) is 23.9. The lowest BCUT2D eigenvalue weighted by Gasteiger charge is -2.13. The van der Waals surface area contributed by atoms with E-state index in [1.165, 1.54) is 33.2 Å². The zero-order chi connectivity index (χ0) is 29.0. The molecule has 0 aliphatic heterocycles. The quantitative estimate of drug-likeness (QED) is 0.210. The predicted octanol–water partition coefficient (Wildman–Crippen LogP) is 10.6. The molecule has 0 saturated carbocycles. The molecule has 0 saturated heterocycles. The minimum absolute atomic E-state index is 1.00. The summed E-state index contributed by atoms with van der Waals surface area (Å²) in [5.41, 5.74) is 12.7. The number of fused-ring (bicyclic) bond motifs is 7. The second-order valence-corrected chi connectivity index (χ2v) is 11.2. The SMILES string of the molecule is c1ccc(-c2ccc(-n3c4ccccc4c4cnc5c6ccccc6n(-c6ccc(-c7ccccc7)cc6)c5c43)cc2)cc1. The van der Waals surface area contributed by atoms with Crippen molar-refractivity contribution >= 4 is 43.7 Å². The van der Waals surface area contributed by atoms with E-state index in [1.807, 2.05) is 0 Å². The van der Waals surface area contributed by atoms with Crippen LogP contribution in [0.4, 0.5) is 0 Å². The number of hydrogen-bond donors (Lipinski definition) is 0. The van der Waals surface area contributed by atoms with Crippen molar-refractivity contribution < 1.29 is 0 Å². The van der Waals surface area contributed by atoms with Crippen LogP contribution < -0.4 is 0 Å². The van der Waals surface area contributed by atoms with E-state index >= 15 is 0 Å². The van der Waals surface area contributed by atoms with Gasteiger partial charge in [0.25, 0.3) is 0 Å². The summed E-state index contributed by atoms with van der Waals surface area (Å²) in [6.45, 7) is 0. The van der Waals surface area contributed by atoms with Crippen LogP contribution in [0.5, 0.6) is 0 Å². The second-order valence-electron chi connectivity index (χ2n) is 11.2. The molecule has 44 heavy (non-hydrogen) atoms. The van der Waals surface area contributed by atoms with Crippen molar-refractivity contribution in [2.75, 3.05) is 0 Å². The maximum atomic E-state index is 5.13. The molecular weight excluding hydrogens is 534 g/mol. The molecule has 206 valence electrons. The van der Waals surface area contributed by atoms with Crippen LogP contribution in [0.3, 0.4) is 0 Å². The van der Waals surface area contributed by atoms with E-state index in [0.29, 0.717) is 0 Å². The third-order valence-electron chi connectivity index (χ3n) is 8.77. The number of pyridine rings is 1. The smallest absolute Gasteiger partial charge is 0.0985 e. The van der Waals surface area contributed by atoms with Crippen molar-refractivity contribution in [1.29, 1.82) is 0 Å². The highest BCUT2D eigenvalue weighted by Crippen LogP contribution is 2.40. The van der Waals surface area contributed by atoms with Gasteiger partial charge in [-0.05, 0) is 58.7 Å². The zero-order valence-corrected chi connectivity index (χ0v) is 23.9. The number of rotatable bonds is 4. The third kappa shape index (κ3) is 3.73. The molecule has 3 nitrogen and oxygen atoms in total. The first kappa shape index (κ1) is 24.6. The van der Waals surface area contributed by atoms with E-state index in [4.69, 9.17) is 4.98 Å². The van der Waals surface area contributed by atoms with Crippen LogP contribution in [-0.4, -0.2) is 14.1 Å². The topological polar surface area (TPSA) is 22.8 Å². The van der Waals surface area contributed by atoms with Crippen LogP contribution in [-0.2, 0) is 0 Å². The molecule has 0 aliphatic carbocycles. The summed E-state index contributed by atoms with van der Waals surface area (Å²) in [4.78, 5) is 5.13. The van der Waals surface area contributed by atoms with Crippen molar-refractivity contribution in [2.24, 2.45) is 0 Å². The van der Waals surface area contributed by atoms with Gasteiger partial charge in [0, 0.05) is 33.7 Å². The minimum atomic E-state index is 1.00. The van der Waals surface area contributed by atoms with E-state index in [2.05, 4.69) is 173 Å². The van der Waals surface area contributed by atoms with Gasteiger partial charge in [0.2, 0.25) is 0 Å². The van der Waals surface area contributed by atoms with Crippen LogP contribution in [0.15, 0.2) is 164 Å². The molecule has 0 N–H and O–H groups in total. The van der Waals surface area contributed by atoms with Gasteiger partial charge in [-0.1, -0.05) is 121 Å². The Morgan fingerprint density at radius 3 is 1.34 bits per heavy atom. The Morgan fingerprint density at radius 1 is 0.341 bits per heavy atom. The van der Waals surface area contributed by atoms with Crippen molar-refractivity contribution in [3.05, 3.63) is 164 Å². The Labute approximate surface area is 254 Å². The Hall–Kier alpha value is -5.93. The molecule has 9 aromatic rings. The molecule has 0 radical (unpaired) electrons. The van der Waals surface area contributed by atoms with Gasteiger partial charge in [-0.15, -0.1) is 0 Å². The van der Waals surface area contributed by atoms with Gasteiger partial charge in [-0.2, -0.15) is 0 Å². The highest BCUT2D eigenvalue weighted by molar-refractivity contribution is 6.22. The van der Waals surface area contributed by atoms with E-state index in [-0.39, 0.29) is 0 Å².